The third-order valence-electron chi connectivity index (χ3n) is 4.63. The summed E-state index contributed by atoms with van der Waals surface area (Å²) in [5, 5.41) is 10.1. The lowest BCUT2D eigenvalue weighted by atomic mass is 10.1. The van der Waals surface area contributed by atoms with Gasteiger partial charge in [-0.25, -0.2) is 4.98 Å². The first-order chi connectivity index (χ1) is 14.8. The molecule has 1 atom stereocenters. The van der Waals surface area contributed by atoms with Gasteiger partial charge in [0.15, 0.2) is 5.01 Å². The average molecular weight is 459 g/mol. The van der Waals surface area contributed by atoms with Gasteiger partial charge in [-0.2, -0.15) is 0 Å². The summed E-state index contributed by atoms with van der Waals surface area (Å²) in [6.07, 6.45) is 1.98. The molecule has 31 heavy (non-hydrogen) atoms. The maximum atomic E-state index is 12.6. The number of aryl methyl sites for hydroxylation is 1. The Hall–Kier alpha value is -2.74. The monoisotopic (exact) mass is 458 g/mol. The summed E-state index contributed by atoms with van der Waals surface area (Å²) in [7, 11) is 1.76. The van der Waals surface area contributed by atoms with Crippen molar-refractivity contribution in [2.24, 2.45) is 0 Å². The maximum Gasteiger partial charge on any atom is 0.317 e. The molecule has 1 unspecified atom stereocenters. The van der Waals surface area contributed by atoms with Crippen molar-refractivity contribution >= 4 is 34.7 Å². The topological polar surface area (TPSA) is 79.7 Å². The third kappa shape index (κ3) is 6.62. The molecule has 3 rings (SSSR count). The molecule has 0 aliphatic carbocycles. The Labute approximate surface area is 190 Å². The fourth-order valence-electron chi connectivity index (χ4n) is 3.05. The van der Waals surface area contributed by atoms with Gasteiger partial charge < -0.3 is 9.84 Å². The molecule has 6 nitrogen and oxygen atoms in total. The Morgan fingerprint density at radius 1 is 1.16 bits per heavy atom. The summed E-state index contributed by atoms with van der Waals surface area (Å²) in [4.78, 5) is 30.3. The second-order valence-corrected chi connectivity index (χ2v) is 8.88. The number of nitrogens with zero attached hydrogens (tertiary/aromatic N) is 2. The van der Waals surface area contributed by atoms with Crippen LogP contribution in [0.3, 0.4) is 0 Å². The van der Waals surface area contributed by atoms with E-state index in [-0.39, 0.29) is 18.4 Å². The van der Waals surface area contributed by atoms with Gasteiger partial charge in [0, 0.05) is 34.6 Å². The number of benzene rings is 2. The summed E-state index contributed by atoms with van der Waals surface area (Å²) in [6.45, 7) is 2.41. The second-order valence-electron chi connectivity index (χ2n) is 7.21. The molecule has 0 aliphatic rings. The number of aliphatic carboxylic acids is 1. The predicted molar refractivity (Wildman–Crippen MR) is 121 cm³/mol. The Morgan fingerprint density at radius 3 is 2.42 bits per heavy atom. The normalized spacial score (nSPS) is 12.0. The van der Waals surface area contributed by atoms with E-state index >= 15 is 0 Å². The molecule has 0 spiro atoms. The lowest BCUT2D eigenvalue weighted by molar-refractivity contribution is -0.138. The SMILES string of the molecule is Cc1cnc(C(=O)c2ccc(OC(CCN(C)CC(=O)O)c3ccc(Cl)cc3)cc2)s1. The Balaban J connectivity index is 1.72. The highest BCUT2D eigenvalue weighted by Gasteiger charge is 2.17. The van der Waals surface area contributed by atoms with E-state index in [1.54, 1.807) is 54.5 Å². The van der Waals surface area contributed by atoms with E-state index < -0.39 is 5.97 Å². The molecule has 0 radical (unpaired) electrons. The molecule has 2 aromatic carbocycles. The second kappa shape index (κ2) is 10.5. The van der Waals surface area contributed by atoms with Gasteiger partial charge in [-0.3, -0.25) is 14.5 Å². The summed E-state index contributed by atoms with van der Waals surface area (Å²) < 4.78 is 6.20. The molecule has 3 aromatic rings. The number of carboxylic acids is 1. The maximum absolute atomic E-state index is 12.6. The minimum Gasteiger partial charge on any atom is -0.486 e. The Morgan fingerprint density at radius 2 is 1.84 bits per heavy atom. The third-order valence-corrected chi connectivity index (χ3v) is 5.79. The molecule has 0 saturated carbocycles. The van der Waals surface area contributed by atoms with E-state index in [9.17, 15) is 9.59 Å². The number of halogens is 1. The minimum absolute atomic E-state index is 0.0413. The van der Waals surface area contributed by atoms with E-state index in [4.69, 9.17) is 21.4 Å². The number of rotatable bonds is 10. The zero-order valence-electron chi connectivity index (χ0n) is 17.2. The standard InChI is InChI=1S/C23H23ClN2O4S/c1-15-13-25-23(31-15)22(29)17-5-9-19(10-6-17)30-20(11-12-26(2)14-21(27)28)16-3-7-18(24)8-4-16/h3-10,13,20H,11-12,14H2,1-2H3,(H,27,28). The fourth-order valence-corrected chi connectivity index (χ4v) is 3.90. The number of carbonyl (C=O) groups excluding carboxylic acids is 1. The molecule has 0 aliphatic heterocycles. The Kier molecular flexibility index (Phi) is 7.79. The molecule has 0 bridgehead atoms. The number of carboxylic acid groups (broad SMARTS) is 1. The van der Waals surface area contributed by atoms with E-state index in [1.165, 1.54) is 11.3 Å². The van der Waals surface area contributed by atoms with Gasteiger partial charge in [-0.15, -0.1) is 11.3 Å². The van der Waals surface area contributed by atoms with Gasteiger partial charge in [0.05, 0.1) is 6.54 Å². The van der Waals surface area contributed by atoms with Crippen LogP contribution in [0.4, 0.5) is 0 Å². The molecule has 1 aromatic heterocycles. The van der Waals surface area contributed by atoms with Crippen molar-refractivity contribution < 1.29 is 19.4 Å². The molecule has 8 heteroatoms. The van der Waals surface area contributed by atoms with Crippen molar-refractivity contribution in [2.75, 3.05) is 20.1 Å². The number of carbonyl (C=O) groups is 2. The molecular formula is C23H23ClN2O4S. The lowest BCUT2D eigenvalue weighted by Gasteiger charge is -2.22. The van der Waals surface area contributed by atoms with E-state index in [1.807, 2.05) is 19.1 Å². The van der Waals surface area contributed by atoms with Crippen LogP contribution in [0.15, 0.2) is 54.7 Å². The van der Waals surface area contributed by atoms with Crippen LogP contribution in [-0.4, -0.2) is 46.9 Å². The number of likely N-dealkylation sites (N-methyl/N-ethyl adjacent to an activating group) is 1. The highest BCUT2D eigenvalue weighted by molar-refractivity contribution is 7.13. The van der Waals surface area contributed by atoms with Gasteiger partial charge in [-0.05, 0) is 55.9 Å². The van der Waals surface area contributed by atoms with Gasteiger partial charge >= 0.3 is 5.97 Å². The van der Waals surface area contributed by atoms with Crippen molar-refractivity contribution in [1.82, 2.24) is 9.88 Å². The van der Waals surface area contributed by atoms with Gasteiger partial charge in [0.25, 0.3) is 0 Å². The summed E-state index contributed by atoms with van der Waals surface area (Å²) in [5.74, 6) is -0.371. The summed E-state index contributed by atoms with van der Waals surface area (Å²) >= 11 is 7.38. The summed E-state index contributed by atoms with van der Waals surface area (Å²) in [5.41, 5.74) is 1.48. The number of ether oxygens (including phenoxy) is 1. The predicted octanol–water partition coefficient (Wildman–Crippen LogP) is 4.86. The van der Waals surface area contributed by atoms with Crippen LogP contribution in [0.2, 0.25) is 5.02 Å². The molecule has 0 fully saturated rings. The number of aromatic nitrogens is 1. The van der Waals surface area contributed by atoms with Crippen LogP contribution in [0.1, 0.15) is 38.3 Å². The van der Waals surface area contributed by atoms with E-state index in [2.05, 4.69) is 4.98 Å². The zero-order chi connectivity index (χ0) is 22.4. The smallest absolute Gasteiger partial charge is 0.317 e. The number of hydrogen-bond acceptors (Lipinski definition) is 6. The van der Waals surface area contributed by atoms with Gasteiger partial charge in [-0.1, -0.05) is 23.7 Å². The summed E-state index contributed by atoms with van der Waals surface area (Å²) in [6, 6.07) is 14.4. The fraction of sp³-hybridized carbons (Fsp3) is 0.261. The van der Waals surface area contributed by atoms with Crippen molar-refractivity contribution in [3.05, 3.63) is 80.8 Å². The first-order valence-corrected chi connectivity index (χ1v) is 10.9. The molecule has 1 N–H and O–H groups in total. The van der Waals surface area contributed by atoms with E-state index in [0.29, 0.717) is 34.3 Å². The highest BCUT2D eigenvalue weighted by Crippen LogP contribution is 2.27. The average Bonchev–Trinajstić information content (AvgIpc) is 3.17. The van der Waals surface area contributed by atoms with Crippen molar-refractivity contribution in [3.63, 3.8) is 0 Å². The van der Waals surface area contributed by atoms with Crippen molar-refractivity contribution in [3.8, 4) is 5.75 Å². The van der Waals surface area contributed by atoms with Gasteiger partial charge in [0.2, 0.25) is 5.78 Å². The Bertz CT molecular complexity index is 1030. The zero-order valence-corrected chi connectivity index (χ0v) is 18.8. The minimum atomic E-state index is -0.873. The quantitative estimate of drug-likeness (QED) is 0.437. The molecule has 1 heterocycles. The molecule has 0 amide bonds. The lowest BCUT2D eigenvalue weighted by Crippen LogP contribution is -2.28. The number of ketones is 1. The van der Waals surface area contributed by atoms with Crippen LogP contribution < -0.4 is 4.74 Å². The number of hydrogen-bond donors (Lipinski definition) is 1. The van der Waals surface area contributed by atoms with Crippen LogP contribution in [0, 0.1) is 6.92 Å². The van der Waals surface area contributed by atoms with Crippen LogP contribution >= 0.6 is 22.9 Å². The molecule has 162 valence electrons. The highest BCUT2D eigenvalue weighted by atomic mass is 35.5. The van der Waals surface area contributed by atoms with E-state index in [0.717, 1.165) is 10.4 Å². The first kappa shape index (κ1) is 22.9. The van der Waals surface area contributed by atoms with Crippen LogP contribution in [0.5, 0.6) is 5.75 Å². The van der Waals surface area contributed by atoms with Gasteiger partial charge in [0.1, 0.15) is 11.9 Å². The largest absolute Gasteiger partial charge is 0.486 e. The van der Waals surface area contributed by atoms with Crippen molar-refractivity contribution in [1.29, 1.82) is 0 Å². The molecule has 0 saturated heterocycles. The van der Waals surface area contributed by atoms with Crippen LogP contribution in [0.25, 0.3) is 0 Å². The van der Waals surface area contributed by atoms with Crippen LogP contribution in [-0.2, 0) is 4.79 Å². The first-order valence-electron chi connectivity index (χ1n) is 9.71. The number of thiazole rings is 1. The van der Waals surface area contributed by atoms with Crippen molar-refractivity contribution in [2.45, 2.75) is 19.4 Å². The molecular weight excluding hydrogens is 436 g/mol.